The molecule has 5 nitrogen and oxygen atoms in total. The number of benzene rings is 2. The Bertz CT molecular complexity index is 758. The number of hydrogen-bond acceptors (Lipinski definition) is 4. The maximum absolute atomic E-state index is 12.6. The van der Waals surface area contributed by atoms with Crippen LogP contribution in [-0.2, 0) is 11.3 Å². The molecule has 0 aliphatic carbocycles. The van der Waals surface area contributed by atoms with Crippen LogP contribution in [0.5, 0.6) is 5.75 Å². The van der Waals surface area contributed by atoms with Crippen molar-refractivity contribution in [1.29, 1.82) is 0 Å². The first-order valence-corrected chi connectivity index (χ1v) is 9.59. The summed E-state index contributed by atoms with van der Waals surface area (Å²) in [7, 11) is 1.61. The monoisotopic (exact) mass is 387 g/mol. The van der Waals surface area contributed by atoms with Gasteiger partial charge in [0.05, 0.1) is 18.8 Å². The summed E-state index contributed by atoms with van der Waals surface area (Å²) >= 11 is 5.95. The van der Waals surface area contributed by atoms with Crippen molar-refractivity contribution in [3.8, 4) is 5.75 Å². The highest BCUT2D eigenvalue weighted by Crippen LogP contribution is 2.23. The number of ether oxygens (including phenoxy) is 1. The minimum Gasteiger partial charge on any atom is -0.495 e. The lowest BCUT2D eigenvalue weighted by Gasteiger charge is -2.37. The number of hydrogen-bond donors (Lipinski definition) is 1. The topological polar surface area (TPSA) is 44.8 Å². The van der Waals surface area contributed by atoms with E-state index in [9.17, 15) is 4.79 Å². The number of piperazine rings is 1. The number of methoxy groups -OCH3 is 1. The third kappa shape index (κ3) is 5.22. The number of nitrogens with zero attached hydrogens (tertiary/aromatic N) is 2. The molecule has 2 aromatic carbocycles. The van der Waals surface area contributed by atoms with Gasteiger partial charge in [-0.2, -0.15) is 0 Å². The van der Waals surface area contributed by atoms with Crippen LogP contribution in [-0.4, -0.2) is 55.0 Å². The molecule has 6 heteroatoms. The van der Waals surface area contributed by atoms with Crippen LogP contribution in [0.15, 0.2) is 48.5 Å². The number of carbonyl (C=O) groups excluding carboxylic acids is 1. The first-order chi connectivity index (χ1) is 13.1. The molecule has 144 valence electrons. The average Bonchev–Trinajstić information content (AvgIpc) is 2.70. The quantitative estimate of drug-likeness (QED) is 0.824. The smallest absolute Gasteiger partial charge is 0.241 e. The lowest BCUT2D eigenvalue weighted by molar-refractivity contribution is -0.121. The molecular formula is C21H26ClN3O2. The van der Waals surface area contributed by atoms with Gasteiger partial charge in [0.2, 0.25) is 5.91 Å². The van der Waals surface area contributed by atoms with Crippen LogP contribution < -0.4 is 10.1 Å². The van der Waals surface area contributed by atoms with E-state index in [1.54, 1.807) is 7.11 Å². The summed E-state index contributed by atoms with van der Waals surface area (Å²) in [6.45, 7) is 6.48. The highest BCUT2D eigenvalue weighted by Gasteiger charge is 2.26. The van der Waals surface area contributed by atoms with Crippen LogP contribution in [0.2, 0.25) is 5.02 Å². The lowest BCUT2D eigenvalue weighted by atomic mass is 10.1. The Kier molecular flexibility index (Phi) is 6.72. The second-order valence-corrected chi connectivity index (χ2v) is 7.24. The minimum absolute atomic E-state index is 0.00866. The number of halogens is 1. The van der Waals surface area contributed by atoms with E-state index in [0.717, 1.165) is 37.7 Å². The van der Waals surface area contributed by atoms with Gasteiger partial charge in [0.25, 0.3) is 0 Å². The molecule has 0 aromatic heterocycles. The van der Waals surface area contributed by atoms with Gasteiger partial charge >= 0.3 is 0 Å². The van der Waals surface area contributed by atoms with Gasteiger partial charge in [-0.1, -0.05) is 35.9 Å². The van der Waals surface area contributed by atoms with Crippen molar-refractivity contribution >= 4 is 23.2 Å². The molecule has 1 fully saturated rings. The Morgan fingerprint density at radius 3 is 2.44 bits per heavy atom. The summed E-state index contributed by atoms with van der Waals surface area (Å²) in [5.74, 6) is 0.663. The molecule has 1 heterocycles. The molecule has 2 aromatic rings. The number of nitrogens with one attached hydrogen (secondary N) is 1. The van der Waals surface area contributed by atoms with Crippen molar-refractivity contribution in [3.05, 3.63) is 59.1 Å². The second-order valence-electron chi connectivity index (χ2n) is 6.80. The Hall–Kier alpha value is -2.08. The fraction of sp³-hybridized carbons (Fsp3) is 0.381. The van der Waals surface area contributed by atoms with Gasteiger partial charge in [0.1, 0.15) is 5.75 Å². The summed E-state index contributed by atoms with van der Waals surface area (Å²) in [4.78, 5) is 17.3. The molecular weight excluding hydrogens is 362 g/mol. The van der Waals surface area contributed by atoms with Crippen molar-refractivity contribution < 1.29 is 9.53 Å². The van der Waals surface area contributed by atoms with Crippen molar-refractivity contribution in [3.63, 3.8) is 0 Å². The molecule has 0 saturated carbocycles. The molecule has 27 heavy (non-hydrogen) atoms. The van der Waals surface area contributed by atoms with Crippen molar-refractivity contribution in [2.24, 2.45) is 0 Å². The first-order valence-electron chi connectivity index (χ1n) is 9.21. The Morgan fingerprint density at radius 1 is 1.11 bits per heavy atom. The van der Waals surface area contributed by atoms with Gasteiger partial charge in [0, 0.05) is 37.7 Å². The van der Waals surface area contributed by atoms with Gasteiger partial charge in [-0.05, 0) is 36.8 Å². The van der Waals surface area contributed by atoms with Crippen molar-refractivity contribution in [2.75, 3.05) is 38.6 Å². The molecule has 1 atom stereocenters. The Morgan fingerprint density at radius 2 is 1.78 bits per heavy atom. The molecule has 1 amide bonds. The Balaban J connectivity index is 1.51. The molecule has 1 N–H and O–H groups in total. The zero-order valence-corrected chi connectivity index (χ0v) is 16.6. The molecule has 1 aliphatic rings. The Labute approximate surface area is 165 Å². The zero-order chi connectivity index (χ0) is 19.2. The van der Waals surface area contributed by atoms with E-state index < -0.39 is 0 Å². The summed E-state index contributed by atoms with van der Waals surface area (Å²) in [6.07, 6.45) is 0. The van der Waals surface area contributed by atoms with Crippen molar-refractivity contribution in [1.82, 2.24) is 9.80 Å². The summed E-state index contributed by atoms with van der Waals surface area (Å²) in [5.41, 5.74) is 1.97. The van der Waals surface area contributed by atoms with Crippen LogP contribution >= 0.6 is 11.6 Å². The number of amides is 1. The van der Waals surface area contributed by atoms with E-state index in [2.05, 4.69) is 27.2 Å². The highest BCUT2D eigenvalue weighted by molar-refractivity contribution is 6.30. The van der Waals surface area contributed by atoms with Gasteiger partial charge in [-0.25, -0.2) is 0 Å². The molecule has 1 aliphatic heterocycles. The van der Waals surface area contributed by atoms with Crippen LogP contribution in [0.25, 0.3) is 0 Å². The van der Waals surface area contributed by atoms with Gasteiger partial charge in [-0.15, -0.1) is 0 Å². The van der Waals surface area contributed by atoms with E-state index >= 15 is 0 Å². The number of rotatable bonds is 6. The predicted octanol–water partition coefficient (Wildman–Crippen LogP) is 3.49. The fourth-order valence-electron chi connectivity index (χ4n) is 3.31. The van der Waals surface area contributed by atoms with Gasteiger partial charge in [-0.3, -0.25) is 14.6 Å². The lowest BCUT2D eigenvalue weighted by Crippen LogP contribution is -2.52. The number of anilines is 1. The molecule has 0 bridgehead atoms. The number of para-hydroxylation sites is 2. The molecule has 3 rings (SSSR count). The second kappa shape index (κ2) is 9.22. The standard InChI is InChI=1S/C21H26ClN3O2/c1-16(21(26)23-19-5-3-4-6-20(19)27-2)25-13-11-24(12-14-25)15-17-7-9-18(22)10-8-17/h3-10,16H,11-15H2,1-2H3,(H,23,26)/t16-/m1/s1. The first kappa shape index (κ1) is 19.7. The summed E-state index contributed by atoms with van der Waals surface area (Å²) in [6, 6.07) is 15.3. The van der Waals surface area contributed by atoms with E-state index in [-0.39, 0.29) is 11.9 Å². The third-order valence-electron chi connectivity index (χ3n) is 5.02. The van der Waals surface area contributed by atoms with Crippen LogP contribution in [0.4, 0.5) is 5.69 Å². The van der Waals surface area contributed by atoms with E-state index in [1.807, 2.05) is 43.3 Å². The molecule has 0 radical (unpaired) electrons. The molecule has 1 saturated heterocycles. The third-order valence-corrected chi connectivity index (χ3v) is 5.27. The predicted molar refractivity (Wildman–Crippen MR) is 109 cm³/mol. The van der Waals surface area contributed by atoms with Gasteiger partial charge < -0.3 is 10.1 Å². The van der Waals surface area contributed by atoms with E-state index in [4.69, 9.17) is 16.3 Å². The summed E-state index contributed by atoms with van der Waals surface area (Å²) < 4.78 is 5.31. The summed E-state index contributed by atoms with van der Waals surface area (Å²) in [5, 5.41) is 3.75. The van der Waals surface area contributed by atoms with E-state index in [1.165, 1.54) is 5.56 Å². The average molecular weight is 388 g/mol. The molecule has 0 spiro atoms. The van der Waals surface area contributed by atoms with Crippen LogP contribution in [0, 0.1) is 0 Å². The SMILES string of the molecule is COc1ccccc1NC(=O)[C@@H](C)N1CCN(Cc2ccc(Cl)cc2)CC1. The largest absolute Gasteiger partial charge is 0.495 e. The molecule has 0 unspecified atom stereocenters. The van der Waals surface area contributed by atoms with Crippen molar-refractivity contribution in [2.45, 2.75) is 19.5 Å². The van der Waals surface area contributed by atoms with Crippen LogP contribution in [0.3, 0.4) is 0 Å². The minimum atomic E-state index is -0.187. The normalized spacial score (nSPS) is 16.7. The van der Waals surface area contributed by atoms with Gasteiger partial charge in [0.15, 0.2) is 0 Å². The zero-order valence-electron chi connectivity index (χ0n) is 15.8. The fourth-order valence-corrected chi connectivity index (χ4v) is 3.43. The van der Waals surface area contributed by atoms with Crippen LogP contribution in [0.1, 0.15) is 12.5 Å². The maximum Gasteiger partial charge on any atom is 0.241 e. The maximum atomic E-state index is 12.6. The number of carbonyl (C=O) groups is 1. The van der Waals surface area contributed by atoms with E-state index in [0.29, 0.717) is 11.4 Å². The highest BCUT2D eigenvalue weighted by atomic mass is 35.5.